The fourth-order valence-electron chi connectivity index (χ4n) is 4.06. The standard InChI is InChI=1S/C19H21N.2C2H6/c1-3-7-17-15(5-1)13-16-6-2-4-8-18(16)19(17)14-9-11-20-12-10-14;2*1-2/h1-8,14,19-20H,9-13H2;2*1-2H3. The maximum atomic E-state index is 3.50. The number of piperidine rings is 1. The van der Waals surface area contributed by atoms with Crippen LogP contribution in [-0.4, -0.2) is 13.1 Å². The minimum Gasteiger partial charge on any atom is -0.317 e. The van der Waals surface area contributed by atoms with Crippen LogP contribution < -0.4 is 5.32 Å². The molecule has 1 aliphatic heterocycles. The molecular weight excluding hydrogens is 290 g/mol. The topological polar surface area (TPSA) is 12.0 Å². The summed E-state index contributed by atoms with van der Waals surface area (Å²) in [4.78, 5) is 0. The van der Waals surface area contributed by atoms with E-state index in [2.05, 4.69) is 53.8 Å². The molecule has 0 aromatic heterocycles. The molecule has 2 aliphatic rings. The molecule has 0 radical (unpaired) electrons. The highest BCUT2D eigenvalue weighted by Crippen LogP contribution is 2.43. The van der Waals surface area contributed by atoms with Gasteiger partial charge in [-0.1, -0.05) is 76.2 Å². The van der Waals surface area contributed by atoms with Crippen LogP contribution in [0.15, 0.2) is 48.5 Å². The molecule has 1 heterocycles. The first-order chi connectivity index (χ1) is 11.9. The Hall–Kier alpha value is -1.60. The Bertz CT molecular complexity index is 565. The van der Waals surface area contributed by atoms with E-state index in [1.165, 1.54) is 37.1 Å². The van der Waals surface area contributed by atoms with E-state index in [4.69, 9.17) is 0 Å². The van der Waals surface area contributed by atoms with Crippen LogP contribution in [0.25, 0.3) is 0 Å². The normalized spacial score (nSPS) is 16.7. The highest BCUT2D eigenvalue weighted by atomic mass is 14.9. The molecule has 0 atom stereocenters. The average Bonchev–Trinajstić information content (AvgIpc) is 2.70. The third-order valence-electron chi connectivity index (χ3n) is 5.02. The molecule has 2 aromatic carbocycles. The molecule has 0 amide bonds. The van der Waals surface area contributed by atoms with Crippen LogP contribution in [0, 0.1) is 5.92 Å². The Morgan fingerprint density at radius 2 is 1.17 bits per heavy atom. The smallest absolute Gasteiger partial charge is 0.0124 e. The molecule has 1 heteroatoms. The molecule has 130 valence electrons. The fourth-order valence-corrected chi connectivity index (χ4v) is 4.06. The lowest BCUT2D eigenvalue weighted by atomic mass is 9.70. The van der Waals surface area contributed by atoms with E-state index in [0.29, 0.717) is 5.92 Å². The summed E-state index contributed by atoms with van der Waals surface area (Å²) in [5, 5.41) is 3.50. The first-order valence-corrected chi connectivity index (χ1v) is 9.80. The van der Waals surface area contributed by atoms with E-state index in [1.807, 2.05) is 27.7 Å². The predicted molar refractivity (Wildman–Crippen MR) is 106 cm³/mol. The molecule has 2 aromatic rings. The summed E-state index contributed by atoms with van der Waals surface area (Å²) >= 11 is 0. The minimum absolute atomic E-state index is 0.609. The predicted octanol–water partition coefficient (Wildman–Crippen LogP) is 5.77. The molecular formula is C23H33N. The van der Waals surface area contributed by atoms with Gasteiger partial charge in [-0.05, 0) is 60.5 Å². The van der Waals surface area contributed by atoms with E-state index >= 15 is 0 Å². The Labute approximate surface area is 148 Å². The quantitative estimate of drug-likeness (QED) is 0.702. The van der Waals surface area contributed by atoms with E-state index in [-0.39, 0.29) is 0 Å². The van der Waals surface area contributed by atoms with Crippen molar-refractivity contribution in [2.45, 2.75) is 52.9 Å². The molecule has 1 aliphatic carbocycles. The summed E-state index contributed by atoms with van der Waals surface area (Å²) in [6.07, 6.45) is 3.70. The number of rotatable bonds is 1. The first kappa shape index (κ1) is 18.7. The number of nitrogens with one attached hydrogen (secondary N) is 1. The van der Waals surface area contributed by atoms with Gasteiger partial charge in [-0.15, -0.1) is 0 Å². The summed E-state index contributed by atoms with van der Waals surface area (Å²) < 4.78 is 0. The summed E-state index contributed by atoms with van der Waals surface area (Å²) in [5.41, 5.74) is 6.24. The molecule has 24 heavy (non-hydrogen) atoms. The summed E-state index contributed by atoms with van der Waals surface area (Å²) in [6, 6.07) is 18.1. The Morgan fingerprint density at radius 3 is 1.67 bits per heavy atom. The van der Waals surface area contributed by atoms with Crippen molar-refractivity contribution >= 4 is 0 Å². The van der Waals surface area contributed by atoms with Crippen LogP contribution >= 0.6 is 0 Å². The second-order valence-corrected chi connectivity index (χ2v) is 6.14. The zero-order valence-electron chi connectivity index (χ0n) is 15.8. The Balaban J connectivity index is 0.000000487. The lowest BCUT2D eigenvalue weighted by molar-refractivity contribution is 0.339. The molecule has 4 rings (SSSR count). The minimum atomic E-state index is 0.609. The SMILES string of the molecule is CC.CC.c1ccc2c(c1)Cc1ccccc1C2C1CCNCC1. The molecule has 1 nitrogen and oxygen atoms in total. The number of benzene rings is 2. The van der Waals surface area contributed by atoms with Gasteiger partial charge < -0.3 is 5.32 Å². The summed E-state index contributed by atoms with van der Waals surface area (Å²) in [5.74, 6) is 1.40. The van der Waals surface area contributed by atoms with E-state index in [0.717, 1.165) is 12.3 Å². The second kappa shape index (κ2) is 9.64. The van der Waals surface area contributed by atoms with Gasteiger partial charge in [0, 0.05) is 5.92 Å². The first-order valence-electron chi connectivity index (χ1n) is 9.80. The molecule has 1 N–H and O–H groups in total. The van der Waals surface area contributed by atoms with Crippen LogP contribution in [0.2, 0.25) is 0 Å². The van der Waals surface area contributed by atoms with Gasteiger partial charge in [0.05, 0.1) is 0 Å². The van der Waals surface area contributed by atoms with Crippen molar-refractivity contribution in [1.82, 2.24) is 5.32 Å². The van der Waals surface area contributed by atoms with Crippen LogP contribution in [0.5, 0.6) is 0 Å². The zero-order chi connectivity index (χ0) is 17.4. The van der Waals surface area contributed by atoms with E-state index < -0.39 is 0 Å². The van der Waals surface area contributed by atoms with E-state index in [9.17, 15) is 0 Å². The van der Waals surface area contributed by atoms with Gasteiger partial charge in [0.25, 0.3) is 0 Å². The largest absolute Gasteiger partial charge is 0.317 e. The van der Waals surface area contributed by atoms with Gasteiger partial charge in [0.2, 0.25) is 0 Å². The van der Waals surface area contributed by atoms with Crippen molar-refractivity contribution in [2.75, 3.05) is 13.1 Å². The number of hydrogen-bond acceptors (Lipinski definition) is 1. The van der Waals surface area contributed by atoms with Crippen LogP contribution in [0.4, 0.5) is 0 Å². The summed E-state index contributed by atoms with van der Waals surface area (Å²) in [6.45, 7) is 10.3. The van der Waals surface area contributed by atoms with Gasteiger partial charge in [-0.25, -0.2) is 0 Å². The van der Waals surface area contributed by atoms with Crippen molar-refractivity contribution in [3.63, 3.8) is 0 Å². The Morgan fingerprint density at radius 1 is 0.708 bits per heavy atom. The highest BCUT2D eigenvalue weighted by Gasteiger charge is 2.31. The second-order valence-electron chi connectivity index (χ2n) is 6.14. The average molecular weight is 324 g/mol. The van der Waals surface area contributed by atoms with Gasteiger partial charge >= 0.3 is 0 Å². The lowest BCUT2D eigenvalue weighted by Crippen LogP contribution is -2.32. The molecule has 0 unspecified atom stereocenters. The molecule has 0 bridgehead atoms. The lowest BCUT2D eigenvalue weighted by Gasteiger charge is -2.36. The highest BCUT2D eigenvalue weighted by molar-refractivity contribution is 5.49. The van der Waals surface area contributed by atoms with Crippen LogP contribution in [-0.2, 0) is 6.42 Å². The fraction of sp³-hybridized carbons (Fsp3) is 0.478. The number of hydrogen-bond donors (Lipinski definition) is 1. The van der Waals surface area contributed by atoms with Gasteiger partial charge in [-0.2, -0.15) is 0 Å². The van der Waals surface area contributed by atoms with Crippen molar-refractivity contribution < 1.29 is 0 Å². The Kier molecular flexibility index (Phi) is 7.52. The van der Waals surface area contributed by atoms with Crippen molar-refractivity contribution in [3.05, 3.63) is 70.8 Å². The number of fused-ring (bicyclic) bond motifs is 2. The van der Waals surface area contributed by atoms with Crippen molar-refractivity contribution in [3.8, 4) is 0 Å². The van der Waals surface area contributed by atoms with Crippen molar-refractivity contribution in [2.24, 2.45) is 5.92 Å². The van der Waals surface area contributed by atoms with Crippen LogP contribution in [0.1, 0.15) is 68.7 Å². The van der Waals surface area contributed by atoms with Gasteiger partial charge in [-0.3, -0.25) is 0 Å². The molecule has 0 saturated carbocycles. The van der Waals surface area contributed by atoms with Gasteiger partial charge in [0.15, 0.2) is 0 Å². The molecule has 1 saturated heterocycles. The van der Waals surface area contributed by atoms with Gasteiger partial charge in [0.1, 0.15) is 0 Å². The monoisotopic (exact) mass is 323 g/mol. The third-order valence-corrected chi connectivity index (χ3v) is 5.02. The van der Waals surface area contributed by atoms with Crippen LogP contribution in [0.3, 0.4) is 0 Å². The molecule has 0 spiro atoms. The molecule has 1 fully saturated rings. The summed E-state index contributed by atoms with van der Waals surface area (Å²) in [7, 11) is 0. The van der Waals surface area contributed by atoms with E-state index in [1.54, 1.807) is 11.1 Å². The maximum absolute atomic E-state index is 3.50. The zero-order valence-corrected chi connectivity index (χ0v) is 15.8. The van der Waals surface area contributed by atoms with Crippen molar-refractivity contribution in [1.29, 1.82) is 0 Å². The maximum Gasteiger partial charge on any atom is 0.0124 e. The third kappa shape index (κ3) is 3.89.